The second kappa shape index (κ2) is 7.59. The van der Waals surface area contributed by atoms with Crippen molar-refractivity contribution in [2.24, 2.45) is 5.92 Å². The number of carbonyl (C=O) groups is 1. The van der Waals surface area contributed by atoms with Gasteiger partial charge in [0.2, 0.25) is 0 Å². The highest BCUT2D eigenvalue weighted by molar-refractivity contribution is 7.92. The molecule has 1 N–H and O–H groups in total. The average Bonchev–Trinajstić information content (AvgIpc) is 3.57. The molecule has 0 saturated heterocycles. The third-order valence-electron chi connectivity index (χ3n) is 5.42. The van der Waals surface area contributed by atoms with Crippen molar-refractivity contribution >= 4 is 21.6 Å². The van der Waals surface area contributed by atoms with Crippen LogP contribution in [0, 0.1) is 5.92 Å². The van der Waals surface area contributed by atoms with Gasteiger partial charge in [-0.3, -0.25) is 9.52 Å². The van der Waals surface area contributed by atoms with Crippen LogP contribution >= 0.6 is 0 Å². The molecular weight excluding hydrogens is 392 g/mol. The summed E-state index contributed by atoms with van der Waals surface area (Å²) >= 11 is 0. The molecule has 0 aromatic heterocycles. The number of sulfonamides is 1. The fourth-order valence-electron chi connectivity index (χ4n) is 3.40. The Morgan fingerprint density at radius 3 is 2.55 bits per heavy atom. The van der Waals surface area contributed by atoms with Crippen molar-refractivity contribution in [3.63, 3.8) is 0 Å². The highest BCUT2D eigenvalue weighted by Gasteiger charge is 2.32. The van der Waals surface area contributed by atoms with Crippen molar-refractivity contribution in [1.29, 1.82) is 0 Å². The maximum Gasteiger partial charge on any atom is 0.262 e. The molecule has 1 unspecified atom stereocenters. The van der Waals surface area contributed by atoms with Gasteiger partial charge >= 0.3 is 0 Å². The first-order chi connectivity index (χ1) is 13.8. The number of hydrogen-bond acceptors (Lipinski definition) is 5. The summed E-state index contributed by atoms with van der Waals surface area (Å²) < 4.78 is 39.1. The zero-order valence-electron chi connectivity index (χ0n) is 16.4. The number of ether oxygens (including phenoxy) is 2. The number of nitrogens with zero attached hydrogens (tertiary/aromatic N) is 1. The minimum absolute atomic E-state index is 0.0675. The monoisotopic (exact) mass is 416 g/mol. The van der Waals surface area contributed by atoms with Crippen LogP contribution in [0.2, 0.25) is 0 Å². The van der Waals surface area contributed by atoms with Crippen LogP contribution in [-0.4, -0.2) is 45.5 Å². The highest BCUT2D eigenvalue weighted by atomic mass is 32.2. The molecule has 1 amide bonds. The summed E-state index contributed by atoms with van der Waals surface area (Å²) in [6.07, 6.45) is 2.29. The molecule has 154 valence electrons. The highest BCUT2D eigenvalue weighted by Crippen LogP contribution is 2.35. The number of fused-ring (bicyclic) bond motifs is 1. The molecule has 1 saturated carbocycles. The number of nitrogens with one attached hydrogen (secondary N) is 1. The summed E-state index contributed by atoms with van der Waals surface area (Å²) in [5.74, 6) is 1.36. The van der Waals surface area contributed by atoms with E-state index >= 15 is 0 Å². The van der Waals surface area contributed by atoms with E-state index in [0.29, 0.717) is 41.9 Å². The van der Waals surface area contributed by atoms with Crippen LogP contribution in [0.15, 0.2) is 47.4 Å². The van der Waals surface area contributed by atoms with Crippen LogP contribution in [0.3, 0.4) is 0 Å². The van der Waals surface area contributed by atoms with Gasteiger partial charge in [-0.1, -0.05) is 6.07 Å². The van der Waals surface area contributed by atoms with Crippen molar-refractivity contribution in [1.82, 2.24) is 4.90 Å². The van der Waals surface area contributed by atoms with E-state index in [1.54, 1.807) is 42.3 Å². The summed E-state index contributed by atoms with van der Waals surface area (Å²) in [6, 6.07) is 11.2. The smallest absolute Gasteiger partial charge is 0.262 e. The number of anilines is 1. The minimum Gasteiger partial charge on any atom is -0.486 e. The number of carbonyl (C=O) groups excluding carboxylic acids is 1. The van der Waals surface area contributed by atoms with E-state index in [2.05, 4.69) is 4.72 Å². The Morgan fingerprint density at radius 1 is 1.10 bits per heavy atom. The minimum atomic E-state index is -3.84. The maximum atomic E-state index is 12.8. The van der Waals surface area contributed by atoms with E-state index in [9.17, 15) is 13.2 Å². The van der Waals surface area contributed by atoms with Gasteiger partial charge in [0.25, 0.3) is 15.9 Å². The Bertz CT molecular complexity index is 1030. The number of rotatable bonds is 6. The molecule has 1 aliphatic carbocycles. The molecule has 1 atom stereocenters. The lowest BCUT2D eigenvalue weighted by atomic mass is 10.1. The van der Waals surface area contributed by atoms with Gasteiger partial charge in [0.05, 0.1) is 4.90 Å². The summed E-state index contributed by atoms with van der Waals surface area (Å²) in [5.41, 5.74) is 0.778. The van der Waals surface area contributed by atoms with Crippen molar-refractivity contribution in [2.75, 3.05) is 25.0 Å². The second-order valence-electron chi connectivity index (χ2n) is 7.49. The Balaban J connectivity index is 1.53. The summed E-state index contributed by atoms with van der Waals surface area (Å²) in [6.45, 7) is 2.86. The van der Waals surface area contributed by atoms with Crippen LogP contribution in [0.1, 0.15) is 30.1 Å². The molecule has 1 aliphatic heterocycles. The van der Waals surface area contributed by atoms with E-state index in [-0.39, 0.29) is 16.8 Å². The lowest BCUT2D eigenvalue weighted by Crippen LogP contribution is -2.36. The van der Waals surface area contributed by atoms with Crippen LogP contribution in [0.4, 0.5) is 5.69 Å². The van der Waals surface area contributed by atoms with E-state index in [1.807, 2.05) is 6.92 Å². The lowest BCUT2D eigenvalue weighted by Gasteiger charge is -2.25. The van der Waals surface area contributed by atoms with Crippen molar-refractivity contribution in [3.8, 4) is 11.5 Å². The first-order valence-corrected chi connectivity index (χ1v) is 11.1. The average molecular weight is 416 g/mol. The third kappa shape index (κ3) is 4.17. The lowest BCUT2D eigenvalue weighted by molar-refractivity contribution is 0.0727. The predicted octanol–water partition coefficient (Wildman–Crippen LogP) is 3.13. The van der Waals surface area contributed by atoms with Gasteiger partial charge in [0, 0.05) is 30.4 Å². The molecule has 2 aromatic carbocycles. The summed E-state index contributed by atoms with van der Waals surface area (Å²) in [7, 11) is -2.05. The Kier molecular flexibility index (Phi) is 5.12. The molecule has 8 heteroatoms. The SMILES string of the molecule is CC(C1CC1)N(C)C(=O)c1cccc(NS(=O)(=O)c2ccc3c(c2)OCCO3)c1. The van der Waals surface area contributed by atoms with E-state index in [1.165, 1.54) is 12.1 Å². The quantitative estimate of drug-likeness (QED) is 0.782. The Morgan fingerprint density at radius 2 is 1.83 bits per heavy atom. The van der Waals surface area contributed by atoms with Gasteiger partial charge < -0.3 is 14.4 Å². The van der Waals surface area contributed by atoms with Crippen molar-refractivity contribution < 1.29 is 22.7 Å². The van der Waals surface area contributed by atoms with Crippen LogP contribution in [-0.2, 0) is 10.0 Å². The third-order valence-corrected chi connectivity index (χ3v) is 6.80. The summed E-state index contributed by atoms with van der Waals surface area (Å²) in [5, 5.41) is 0. The number of hydrogen-bond donors (Lipinski definition) is 1. The second-order valence-corrected chi connectivity index (χ2v) is 9.17. The topological polar surface area (TPSA) is 84.9 Å². The standard InChI is InChI=1S/C21H24N2O5S/c1-14(15-6-7-15)23(2)21(24)16-4-3-5-17(12-16)22-29(25,26)18-8-9-19-20(13-18)28-11-10-27-19/h3-5,8-9,12-15,22H,6-7,10-11H2,1-2H3. The van der Waals surface area contributed by atoms with Gasteiger partial charge in [0.15, 0.2) is 11.5 Å². The Labute approximate surface area is 170 Å². The maximum absolute atomic E-state index is 12.8. The van der Waals surface area contributed by atoms with Gasteiger partial charge in [-0.05, 0) is 56.0 Å². The molecule has 29 heavy (non-hydrogen) atoms. The van der Waals surface area contributed by atoms with Crippen molar-refractivity contribution in [2.45, 2.75) is 30.7 Å². The molecule has 4 rings (SSSR count). The fraction of sp³-hybridized carbons (Fsp3) is 0.381. The zero-order chi connectivity index (χ0) is 20.6. The normalized spacial score (nSPS) is 16.8. The molecule has 2 aromatic rings. The van der Waals surface area contributed by atoms with Gasteiger partial charge in [0.1, 0.15) is 13.2 Å². The fourth-order valence-corrected chi connectivity index (χ4v) is 4.47. The molecule has 2 aliphatic rings. The number of amides is 1. The van der Waals surface area contributed by atoms with Gasteiger partial charge in [-0.2, -0.15) is 0 Å². The van der Waals surface area contributed by atoms with E-state index < -0.39 is 10.0 Å². The molecule has 1 fully saturated rings. The van der Waals surface area contributed by atoms with Crippen LogP contribution < -0.4 is 14.2 Å². The molecule has 7 nitrogen and oxygen atoms in total. The largest absolute Gasteiger partial charge is 0.486 e. The molecule has 0 spiro atoms. The molecule has 0 bridgehead atoms. The van der Waals surface area contributed by atoms with Crippen LogP contribution in [0.5, 0.6) is 11.5 Å². The zero-order valence-corrected chi connectivity index (χ0v) is 17.2. The summed E-state index contributed by atoms with van der Waals surface area (Å²) in [4.78, 5) is 14.6. The van der Waals surface area contributed by atoms with E-state index in [4.69, 9.17) is 9.47 Å². The molecule has 0 radical (unpaired) electrons. The van der Waals surface area contributed by atoms with Gasteiger partial charge in [-0.15, -0.1) is 0 Å². The first-order valence-electron chi connectivity index (χ1n) is 9.65. The van der Waals surface area contributed by atoms with Gasteiger partial charge in [-0.25, -0.2) is 8.42 Å². The number of benzene rings is 2. The molecular formula is C21H24N2O5S. The van der Waals surface area contributed by atoms with E-state index in [0.717, 1.165) is 12.8 Å². The van der Waals surface area contributed by atoms with Crippen LogP contribution in [0.25, 0.3) is 0 Å². The molecule has 1 heterocycles. The first kappa shape index (κ1) is 19.6. The van der Waals surface area contributed by atoms with Crippen molar-refractivity contribution in [3.05, 3.63) is 48.0 Å². The predicted molar refractivity (Wildman–Crippen MR) is 109 cm³/mol. The Hall–Kier alpha value is -2.74.